The molecule has 1 heterocycles. The van der Waals surface area contributed by atoms with Gasteiger partial charge in [-0.1, -0.05) is 24.6 Å². The van der Waals surface area contributed by atoms with Gasteiger partial charge in [0.05, 0.1) is 19.8 Å². The largest absolute Gasteiger partial charge is 0.350 e. The number of aryl methyl sites for hydroxylation is 1. The Bertz CT molecular complexity index is 383. The lowest BCUT2D eigenvalue weighted by Gasteiger charge is -2.36. The van der Waals surface area contributed by atoms with E-state index in [0.717, 1.165) is 11.3 Å². The number of benzene rings is 1. The summed E-state index contributed by atoms with van der Waals surface area (Å²) in [4.78, 5) is 1.13. The molecule has 2 rings (SSSR count). The Kier molecular flexibility index (Phi) is 5.28. The lowest BCUT2D eigenvalue weighted by atomic mass is 10.1. The molecular weight excluding hydrogens is 260 g/mol. The predicted molar refractivity (Wildman–Crippen MR) is 77.1 cm³/mol. The maximum atomic E-state index is 5.73. The summed E-state index contributed by atoms with van der Waals surface area (Å²) in [6.07, 6.45) is 0.874. The van der Waals surface area contributed by atoms with Crippen LogP contribution in [0.2, 0.25) is 0 Å². The van der Waals surface area contributed by atoms with Crippen LogP contribution in [0.1, 0.15) is 25.8 Å². The molecule has 19 heavy (non-hydrogen) atoms. The minimum Gasteiger partial charge on any atom is -0.350 e. The van der Waals surface area contributed by atoms with Gasteiger partial charge < -0.3 is 13.7 Å². The van der Waals surface area contributed by atoms with Gasteiger partial charge in [0, 0.05) is 22.9 Å². The average molecular weight is 282 g/mol. The van der Waals surface area contributed by atoms with E-state index in [9.17, 15) is 0 Å². The highest BCUT2D eigenvalue weighted by molar-refractivity contribution is 7.94. The summed E-state index contributed by atoms with van der Waals surface area (Å²) in [6.45, 7) is 8.21. The maximum Gasteiger partial charge on any atom is 0.165 e. The first-order valence-corrected chi connectivity index (χ1v) is 7.49. The van der Waals surface area contributed by atoms with E-state index in [0.29, 0.717) is 25.7 Å². The monoisotopic (exact) mass is 282 g/mol. The van der Waals surface area contributed by atoms with Crippen LogP contribution in [0.3, 0.4) is 0 Å². The third-order valence-electron chi connectivity index (χ3n) is 3.37. The minimum atomic E-state index is -0.402. The zero-order chi connectivity index (χ0) is 13.7. The van der Waals surface area contributed by atoms with E-state index in [2.05, 4.69) is 38.1 Å². The average Bonchev–Trinajstić information content (AvgIpc) is 2.43. The van der Waals surface area contributed by atoms with Crippen LogP contribution in [0.5, 0.6) is 0 Å². The van der Waals surface area contributed by atoms with E-state index in [4.69, 9.17) is 13.7 Å². The summed E-state index contributed by atoms with van der Waals surface area (Å²) >= 11 is 1.42. The normalized spacial score (nSPS) is 27.4. The van der Waals surface area contributed by atoms with Crippen molar-refractivity contribution < 1.29 is 13.7 Å². The van der Waals surface area contributed by atoms with Gasteiger partial charge in [-0.05, 0) is 32.4 Å². The predicted octanol–water partition coefficient (Wildman–Crippen LogP) is 3.81. The molecule has 0 radical (unpaired) electrons. The Morgan fingerprint density at radius 3 is 2.47 bits per heavy atom. The van der Waals surface area contributed by atoms with Gasteiger partial charge in [0.1, 0.15) is 0 Å². The number of hydrogen-bond donors (Lipinski definition) is 0. The fraction of sp³-hybridized carbons (Fsp3) is 0.600. The minimum absolute atomic E-state index is 0.317. The van der Waals surface area contributed by atoms with Gasteiger partial charge in [-0.15, -0.1) is 0 Å². The van der Waals surface area contributed by atoms with Crippen molar-refractivity contribution in [1.82, 2.24) is 0 Å². The molecule has 1 aliphatic rings. The molecule has 0 bridgehead atoms. The van der Waals surface area contributed by atoms with E-state index in [1.54, 1.807) is 0 Å². The van der Waals surface area contributed by atoms with Crippen LogP contribution in [0.4, 0.5) is 0 Å². The van der Waals surface area contributed by atoms with Gasteiger partial charge in [0.15, 0.2) is 5.79 Å². The molecule has 3 nitrogen and oxygen atoms in total. The van der Waals surface area contributed by atoms with Crippen molar-refractivity contribution in [3.05, 3.63) is 29.8 Å². The van der Waals surface area contributed by atoms with E-state index in [-0.39, 0.29) is 0 Å². The molecule has 0 spiro atoms. The first-order valence-electron chi connectivity index (χ1n) is 6.75. The first-order chi connectivity index (χ1) is 9.11. The van der Waals surface area contributed by atoms with Gasteiger partial charge >= 0.3 is 0 Å². The third kappa shape index (κ3) is 4.49. The van der Waals surface area contributed by atoms with Crippen molar-refractivity contribution in [1.29, 1.82) is 0 Å². The molecular formula is C15H22O3S. The number of hydrogen-bond acceptors (Lipinski definition) is 4. The standard InChI is InChI=1S/C15H22O3S/c1-4-15(3)16-9-13(10-17-15)11-18-19-14-7-5-12(2)6-8-14/h5-8,13H,4,9-11H2,1-3H3. The summed E-state index contributed by atoms with van der Waals surface area (Å²) < 4.78 is 17.1. The second-order valence-electron chi connectivity index (χ2n) is 5.16. The van der Waals surface area contributed by atoms with Crippen molar-refractivity contribution in [2.45, 2.75) is 37.9 Å². The summed E-state index contributed by atoms with van der Waals surface area (Å²) in [6, 6.07) is 8.32. The Balaban J connectivity index is 1.68. The van der Waals surface area contributed by atoms with Crippen LogP contribution in [0.25, 0.3) is 0 Å². The molecule has 1 aromatic rings. The Labute approximate surface area is 119 Å². The van der Waals surface area contributed by atoms with Crippen molar-refractivity contribution in [2.24, 2.45) is 5.92 Å². The van der Waals surface area contributed by atoms with Gasteiger partial charge in [-0.25, -0.2) is 0 Å². The molecule has 1 aliphatic heterocycles. The van der Waals surface area contributed by atoms with Crippen molar-refractivity contribution >= 4 is 12.0 Å². The topological polar surface area (TPSA) is 27.7 Å². The lowest BCUT2D eigenvalue weighted by Crippen LogP contribution is -2.42. The van der Waals surface area contributed by atoms with E-state index < -0.39 is 5.79 Å². The highest BCUT2D eigenvalue weighted by atomic mass is 32.2. The zero-order valence-corrected chi connectivity index (χ0v) is 12.7. The van der Waals surface area contributed by atoms with Crippen molar-refractivity contribution in [2.75, 3.05) is 19.8 Å². The molecule has 0 atom stereocenters. The maximum absolute atomic E-state index is 5.73. The molecule has 0 aromatic heterocycles. The van der Waals surface area contributed by atoms with Gasteiger partial charge in [-0.3, -0.25) is 0 Å². The Hall–Kier alpha value is -0.550. The van der Waals surface area contributed by atoms with E-state index >= 15 is 0 Å². The summed E-state index contributed by atoms with van der Waals surface area (Å²) in [5.41, 5.74) is 1.26. The van der Waals surface area contributed by atoms with Crippen LogP contribution in [-0.2, 0) is 13.7 Å². The second kappa shape index (κ2) is 6.75. The number of ether oxygens (including phenoxy) is 2. The molecule has 4 heteroatoms. The van der Waals surface area contributed by atoms with Crippen molar-refractivity contribution in [3.63, 3.8) is 0 Å². The van der Waals surface area contributed by atoms with Crippen LogP contribution >= 0.6 is 12.0 Å². The zero-order valence-electron chi connectivity index (χ0n) is 11.8. The van der Waals surface area contributed by atoms with Gasteiger partial charge in [0.25, 0.3) is 0 Å². The fourth-order valence-corrected chi connectivity index (χ4v) is 2.41. The number of rotatable bonds is 5. The molecule has 0 saturated carbocycles. The first kappa shape index (κ1) is 14.9. The highest BCUT2D eigenvalue weighted by Gasteiger charge is 2.31. The summed E-state index contributed by atoms with van der Waals surface area (Å²) in [7, 11) is 0. The molecule has 1 aromatic carbocycles. The van der Waals surface area contributed by atoms with Gasteiger partial charge in [0.2, 0.25) is 0 Å². The molecule has 0 N–H and O–H groups in total. The van der Waals surface area contributed by atoms with Crippen LogP contribution in [0, 0.1) is 12.8 Å². The molecule has 1 saturated heterocycles. The van der Waals surface area contributed by atoms with Crippen LogP contribution in [0.15, 0.2) is 29.2 Å². The molecule has 1 fully saturated rings. The second-order valence-corrected chi connectivity index (χ2v) is 6.03. The van der Waals surface area contributed by atoms with E-state index in [1.165, 1.54) is 17.6 Å². The van der Waals surface area contributed by atoms with Crippen LogP contribution < -0.4 is 0 Å². The lowest BCUT2D eigenvalue weighted by molar-refractivity contribution is -0.275. The quantitative estimate of drug-likeness (QED) is 0.768. The highest BCUT2D eigenvalue weighted by Crippen LogP contribution is 2.26. The smallest absolute Gasteiger partial charge is 0.165 e. The van der Waals surface area contributed by atoms with E-state index in [1.807, 2.05) is 6.92 Å². The SMILES string of the molecule is CCC1(C)OCC(COSc2ccc(C)cc2)CO1. The molecule has 0 unspecified atom stereocenters. The third-order valence-corrected chi connectivity index (χ3v) is 4.09. The fourth-order valence-electron chi connectivity index (χ4n) is 1.77. The molecule has 106 valence electrons. The summed E-state index contributed by atoms with van der Waals surface area (Å²) in [5, 5.41) is 0. The molecule has 0 amide bonds. The van der Waals surface area contributed by atoms with Crippen LogP contribution in [-0.4, -0.2) is 25.6 Å². The van der Waals surface area contributed by atoms with Gasteiger partial charge in [-0.2, -0.15) is 0 Å². The van der Waals surface area contributed by atoms with Crippen molar-refractivity contribution in [3.8, 4) is 0 Å². The summed E-state index contributed by atoms with van der Waals surface area (Å²) in [5.74, 6) is -0.0850. The molecule has 0 aliphatic carbocycles. The Morgan fingerprint density at radius 1 is 1.26 bits per heavy atom. The Morgan fingerprint density at radius 2 is 1.89 bits per heavy atom.